The van der Waals surface area contributed by atoms with E-state index in [0.717, 1.165) is 38.7 Å². The smallest absolute Gasteiger partial charge is 0.138 e. The fraction of sp³-hybridized carbons (Fsp3) is 0.950. The van der Waals surface area contributed by atoms with E-state index in [0.29, 0.717) is 23.7 Å². The summed E-state index contributed by atoms with van der Waals surface area (Å²) in [4.78, 5) is 12.5. The summed E-state index contributed by atoms with van der Waals surface area (Å²) >= 11 is 0. The van der Waals surface area contributed by atoms with Gasteiger partial charge in [0.1, 0.15) is 11.9 Å². The molecule has 0 amide bonds. The maximum absolute atomic E-state index is 12.5. The van der Waals surface area contributed by atoms with Gasteiger partial charge in [0.05, 0.1) is 17.8 Å². The Balaban J connectivity index is 1.66. The van der Waals surface area contributed by atoms with Crippen LogP contribution in [0.15, 0.2) is 0 Å². The molecular formula is C20H32O3. The second-order valence-corrected chi connectivity index (χ2v) is 9.88. The van der Waals surface area contributed by atoms with E-state index in [1.165, 1.54) is 6.42 Å². The lowest BCUT2D eigenvalue weighted by molar-refractivity contribution is -0.266. The van der Waals surface area contributed by atoms with E-state index >= 15 is 0 Å². The third-order valence-electron chi connectivity index (χ3n) is 8.15. The fourth-order valence-electron chi connectivity index (χ4n) is 6.71. The van der Waals surface area contributed by atoms with Gasteiger partial charge >= 0.3 is 0 Å². The number of epoxide rings is 1. The van der Waals surface area contributed by atoms with Crippen LogP contribution in [-0.2, 0) is 14.3 Å². The van der Waals surface area contributed by atoms with Crippen molar-refractivity contribution in [1.82, 2.24) is 0 Å². The summed E-state index contributed by atoms with van der Waals surface area (Å²) in [7, 11) is 0. The third kappa shape index (κ3) is 2.12. The molecule has 2 aliphatic heterocycles. The van der Waals surface area contributed by atoms with Crippen LogP contribution in [0.1, 0.15) is 73.1 Å². The molecule has 0 aromatic heterocycles. The van der Waals surface area contributed by atoms with Gasteiger partial charge in [-0.2, -0.15) is 0 Å². The molecule has 23 heavy (non-hydrogen) atoms. The average molecular weight is 320 g/mol. The topological polar surface area (TPSA) is 38.8 Å². The molecule has 0 aromatic rings. The Kier molecular flexibility index (Phi) is 3.22. The van der Waals surface area contributed by atoms with Crippen molar-refractivity contribution in [3.8, 4) is 0 Å². The molecule has 0 aromatic carbocycles. The molecule has 4 rings (SSSR count). The van der Waals surface area contributed by atoms with Gasteiger partial charge in [0, 0.05) is 11.8 Å². The lowest BCUT2D eigenvalue weighted by Gasteiger charge is -2.64. The molecule has 0 spiro atoms. The second-order valence-electron chi connectivity index (χ2n) is 9.88. The first-order chi connectivity index (χ1) is 10.6. The number of ether oxygens (including phenoxy) is 2. The molecular weight excluding hydrogens is 288 g/mol. The van der Waals surface area contributed by atoms with Crippen molar-refractivity contribution in [2.45, 2.75) is 90.4 Å². The van der Waals surface area contributed by atoms with Crippen molar-refractivity contribution >= 4 is 5.78 Å². The molecule has 4 aliphatic rings. The van der Waals surface area contributed by atoms with Gasteiger partial charge in [-0.15, -0.1) is 0 Å². The van der Waals surface area contributed by atoms with Gasteiger partial charge in [-0.25, -0.2) is 0 Å². The molecule has 0 unspecified atom stereocenters. The van der Waals surface area contributed by atoms with E-state index < -0.39 is 0 Å². The number of carbonyl (C=O) groups is 1. The summed E-state index contributed by atoms with van der Waals surface area (Å²) in [6, 6.07) is 0. The Morgan fingerprint density at radius 3 is 2.17 bits per heavy atom. The number of hydrogen-bond acceptors (Lipinski definition) is 3. The zero-order chi connectivity index (χ0) is 16.7. The SMILES string of the molecule is CC1(C)C(=O)CC[C@]2(C)[C@@H]1CC[C@]1(C)O[C@@](C)([C@@H]3CO3)CC[C@H]21. The van der Waals surface area contributed by atoms with E-state index in [1.807, 2.05) is 0 Å². The fourth-order valence-corrected chi connectivity index (χ4v) is 6.71. The first-order valence-corrected chi connectivity index (χ1v) is 9.47. The summed E-state index contributed by atoms with van der Waals surface area (Å²) in [5.41, 5.74) is -0.0973. The van der Waals surface area contributed by atoms with Crippen molar-refractivity contribution in [3.05, 3.63) is 0 Å². The van der Waals surface area contributed by atoms with Gasteiger partial charge in [0.15, 0.2) is 0 Å². The Bertz CT molecular complexity index is 537. The summed E-state index contributed by atoms with van der Waals surface area (Å²) in [6.07, 6.45) is 6.59. The normalized spacial score (nSPS) is 55.0. The number of rotatable bonds is 1. The van der Waals surface area contributed by atoms with Gasteiger partial charge in [-0.3, -0.25) is 4.79 Å². The summed E-state index contributed by atoms with van der Waals surface area (Å²) in [6.45, 7) is 12.3. The molecule has 2 aliphatic carbocycles. The quantitative estimate of drug-likeness (QED) is 0.682. The zero-order valence-electron chi connectivity index (χ0n) is 15.4. The standard InChI is InChI=1S/C20H32O3/c1-17(2)13-6-10-19(4)14(18(13,3)9-8-15(17)21)7-11-20(5,23-19)16-12-22-16/h13-14,16H,6-12H2,1-5H3/t13-,14-,16+,18-,19+,20-/m1/s1. The van der Waals surface area contributed by atoms with Crippen LogP contribution in [0, 0.1) is 22.7 Å². The highest BCUT2D eigenvalue weighted by molar-refractivity contribution is 5.85. The third-order valence-corrected chi connectivity index (χ3v) is 8.15. The highest BCUT2D eigenvalue weighted by atomic mass is 16.6. The summed E-state index contributed by atoms with van der Waals surface area (Å²) < 4.78 is 12.4. The minimum Gasteiger partial charge on any atom is -0.370 e. The Morgan fingerprint density at radius 2 is 1.52 bits per heavy atom. The number of Topliss-reactive ketones (excluding diaryl/α,β-unsaturated/α-hetero) is 1. The lowest BCUT2D eigenvalue weighted by atomic mass is 9.44. The zero-order valence-corrected chi connectivity index (χ0v) is 15.4. The van der Waals surface area contributed by atoms with E-state index in [4.69, 9.17) is 9.47 Å². The van der Waals surface area contributed by atoms with E-state index in [1.54, 1.807) is 0 Å². The van der Waals surface area contributed by atoms with Crippen LogP contribution in [0.2, 0.25) is 0 Å². The van der Waals surface area contributed by atoms with Gasteiger partial charge in [-0.05, 0) is 63.2 Å². The van der Waals surface area contributed by atoms with Gasteiger partial charge < -0.3 is 9.47 Å². The molecule has 2 saturated carbocycles. The number of fused-ring (bicyclic) bond motifs is 3. The highest BCUT2D eigenvalue weighted by Crippen LogP contribution is 2.65. The molecule has 0 bridgehead atoms. The van der Waals surface area contributed by atoms with Crippen molar-refractivity contribution < 1.29 is 14.3 Å². The minimum absolute atomic E-state index is 0.0549. The van der Waals surface area contributed by atoms with Crippen molar-refractivity contribution in [3.63, 3.8) is 0 Å². The molecule has 0 radical (unpaired) electrons. The number of carbonyl (C=O) groups excluding carboxylic acids is 1. The molecule has 2 saturated heterocycles. The second kappa shape index (κ2) is 4.60. The number of ketones is 1. The van der Waals surface area contributed by atoms with Crippen LogP contribution < -0.4 is 0 Å². The van der Waals surface area contributed by atoms with E-state index in [-0.39, 0.29) is 22.0 Å². The Labute approximate surface area is 140 Å². The van der Waals surface area contributed by atoms with Crippen LogP contribution in [0.5, 0.6) is 0 Å². The van der Waals surface area contributed by atoms with Gasteiger partial charge in [0.25, 0.3) is 0 Å². The molecule has 0 N–H and O–H groups in total. The predicted molar refractivity (Wildman–Crippen MR) is 89.2 cm³/mol. The lowest BCUT2D eigenvalue weighted by Crippen LogP contribution is -2.64. The van der Waals surface area contributed by atoms with E-state index in [9.17, 15) is 4.79 Å². The number of hydrogen-bond donors (Lipinski definition) is 0. The molecule has 3 heteroatoms. The monoisotopic (exact) mass is 320 g/mol. The van der Waals surface area contributed by atoms with Crippen molar-refractivity contribution in [2.24, 2.45) is 22.7 Å². The van der Waals surface area contributed by atoms with Crippen LogP contribution in [0.3, 0.4) is 0 Å². The first kappa shape index (κ1) is 16.1. The van der Waals surface area contributed by atoms with Crippen LogP contribution >= 0.6 is 0 Å². The van der Waals surface area contributed by atoms with Crippen LogP contribution in [0.4, 0.5) is 0 Å². The molecule has 3 nitrogen and oxygen atoms in total. The molecule has 4 fully saturated rings. The van der Waals surface area contributed by atoms with Gasteiger partial charge in [0.2, 0.25) is 0 Å². The average Bonchev–Trinajstić information content (AvgIpc) is 3.27. The highest BCUT2D eigenvalue weighted by Gasteiger charge is 2.64. The molecule has 130 valence electrons. The van der Waals surface area contributed by atoms with Crippen molar-refractivity contribution in [1.29, 1.82) is 0 Å². The maximum Gasteiger partial charge on any atom is 0.138 e. The summed E-state index contributed by atoms with van der Waals surface area (Å²) in [5.74, 6) is 1.53. The van der Waals surface area contributed by atoms with Gasteiger partial charge in [-0.1, -0.05) is 20.8 Å². The minimum atomic E-state index is -0.172. The first-order valence-electron chi connectivity index (χ1n) is 9.47. The van der Waals surface area contributed by atoms with Crippen LogP contribution in [-0.4, -0.2) is 29.7 Å². The maximum atomic E-state index is 12.5. The predicted octanol–water partition coefficient (Wildman–Crippen LogP) is 4.13. The molecule has 6 atom stereocenters. The van der Waals surface area contributed by atoms with E-state index in [2.05, 4.69) is 34.6 Å². The Hall–Kier alpha value is -0.410. The Morgan fingerprint density at radius 1 is 0.913 bits per heavy atom. The molecule has 2 heterocycles. The van der Waals surface area contributed by atoms with Crippen molar-refractivity contribution in [2.75, 3.05) is 6.61 Å². The van der Waals surface area contributed by atoms with Crippen LogP contribution in [0.25, 0.3) is 0 Å². The largest absolute Gasteiger partial charge is 0.370 e. The summed E-state index contributed by atoms with van der Waals surface area (Å²) in [5, 5.41) is 0.